The smallest absolute Gasteiger partial charge is 0.270 e. The first kappa shape index (κ1) is 15.6. The largest absolute Gasteiger partial charge is 0.380 e. The average Bonchev–Trinajstić information content (AvgIpc) is 2.37. The van der Waals surface area contributed by atoms with Gasteiger partial charge in [0.2, 0.25) is 0 Å². The molecule has 0 aliphatic heterocycles. The number of nitro groups is 1. The molecule has 104 valence electrons. The molecule has 0 spiro atoms. The summed E-state index contributed by atoms with van der Waals surface area (Å²) in [5, 5.41) is 13.4. The molecule has 2 atom stereocenters. The molecule has 1 aromatic carbocycles. The number of nitrogens with zero attached hydrogens (tertiary/aromatic N) is 1. The number of amides is 1. The Bertz CT molecular complexity index is 493. The molecule has 0 bridgehead atoms. The number of halogens is 1. The summed E-state index contributed by atoms with van der Waals surface area (Å²) in [5.74, 6) is -0.307. The predicted octanol–water partition coefficient (Wildman–Crippen LogP) is 2.51. The zero-order valence-corrected chi connectivity index (χ0v) is 12.4. The van der Waals surface area contributed by atoms with Gasteiger partial charge in [-0.3, -0.25) is 14.9 Å². The number of non-ortho nitro benzene ring substituents is 1. The number of ether oxygens (including phenoxy) is 1. The fourth-order valence-electron chi connectivity index (χ4n) is 1.41. The molecule has 0 heterocycles. The summed E-state index contributed by atoms with van der Waals surface area (Å²) in [5.41, 5.74) is 0.280. The van der Waals surface area contributed by atoms with Gasteiger partial charge in [0.15, 0.2) is 0 Å². The van der Waals surface area contributed by atoms with Crippen molar-refractivity contribution >= 4 is 27.5 Å². The van der Waals surface area contributed by atoms with Crippen molar-refractivity contribution in [1.29, 1.82) is 0 Å². The summed E-state index contributed by atoms with van der Waals surface area (Å²) >= 11 is 3.16. The number of carbonyl (C=O) groups excluding carboxylic acids is 1. The van der Waals surface area contributed by atoms with Crippen LogP contribution in [0.15, 0.2) is 22.7 Å². The van der Waals surface area contributed by atoms with E-state index in [2.05, 4.69) is 21.2 Å². The fourth-order valence-corrected chi connectivity index (χ4v) is 1.95. The maximum Gasteiger partial charge on any atom is 0.270 e. The van der Waals surface area contributed by atoms with Gasteiger partial charge >= 0.3 is 0 Å². The molecule has 0 fully saturated rings. The van der Waals surface area contributed by atoms with E-state index in [1.54, 1.807) is 7.11 Å². The summed E-state index contributed by atoms with van der Waals surface area (Å²) in [6.07, 6.45) is -0.124. The first-order valence-electron chi connectivity index (χ1n) is 5.64. The third-order valence-electron chi connectivity index (χ3n) is 2.84. The van der Waals surface area contributed by atoms with Crippen molar-refractivity contribution < 1.29 is 14.5 Å². The highest BCUT2D eigenvalue weighted by Crippen LogP contribution is 2.23. The van der Waals surface area contributed by atoms with Crippen molar-refractivity contribution in [2.75, 3.05) is 7.11 Å². The van der Waals surface area contributed by atoms with Crippen molar-refractivity contribution in [2.45, 2.75) is 26.0 Å². The summed E-state index contributed by atoms with van der Waals surface area (Å²) in [7, 11) is 1.56. The van der Waals surface area contributed by atoms with Crippen LogP contribution in [0.1, 0.15) is 24.2 Å². The van der Waals surface area contributed by atoms with Gasteiger partial charge in [0.1, 0.15) is 0 Å². The third-order valence-corrected chi connectivity index (χ3v) is 3.50. The van der Waals surface area contributed by atoms with Crippen molar-refractivity contribution in [3.8, 4) is 0 Å². The Balaban J connectivity index is 2.86. The van der Waals surface area contributed by atoms with Crippen molar-refractivity contribution in [3.63, 3.8) is 0 Å². The second-order valence-corrected chi connectivity index (χ2v) is 4.98. The lowest BCUT2D eigenvalue weighted by molar-refractivity contribution is -0.384. The quantitative estimate of drug-likeness (QED) is 0.664. The Labute approximate surface area is 119 Å². The first-order chi connectivity index (χ1) is 8.86. The van der Waals surface area contributed by atoms with E-state index in [-0.39, 0.29) is 23.7 Å². The average molecular weight is 331 g/mol. The van der Waals surface area contributed by atoms with Crippen LogP contribution in [0.3, 0.4) is 0 Å². The summed E-state index contributed by atoms with van der Waals surface area (Å²) < 4.78 is 5.50. The van der Waals surface area contributed by atoms with Gasteiger partial charge < -0.3 is 10.1 Å². The lowest BCUT2D eigenvalue weighted by Crippen LogP contribution is -2.40. The molecule has 0 saturated carbocycles. The maximum absolute atomic E-state index is 12.0. The van der Waals surface area contributed by atoms with E-state index in [4.69, 9.17) is 4.74 Å². The number of benzene rings is 1. The van der Waals surface area contributed by atoms with Gasteiger partial charge in [-0.2, -0.15) is 0 Å². The highest BCUT2D eigenvalue weighted by Gasteiger charge is 2.18. The fraction of sp³-hybridized carbons (Fsp3) is 0.417. The first-order valence-corrected chi connectivity index (χ1v) is 6.43. The molecule has 7 heteroatoms. The molecule has 1 aromatic rings. The van der Waals surface area contributed by atoms with Crippen molar-refractivity contribution in [3.05, 3.63) is 38.3 Å². The minimum Gasteiger partial charge on any atom is -0.380 e. The number of carbonyl (C=O) groups is 1. The molecule has 0 aliphatic carbocycles. The molecule has 6 nitrogen and oxygen atoms in total. The van der Waals surface area contributed by atoms with Gasteiger partial charge in [-0.25, -0.2) is 0 Å². The van der Waals surface area contributed by atoms with Crippen LogP contribution < -0.4 is 5.32 Å². The minimum atomic E-state index is -0.512. The molecule has 0 saturated heterocycles. The summed E-state index contributed by atoms with van der Waals surface area (Å²) in [6, 6.07) is 3.85. The van der Waals surface area contributed by atoms with Gasteiger partial charge in [0.05, 0.1) is 22.6 Å². The van der Waals surface area contributed by atoms with Crippen LogP contribution >= 0.6 is 15.9 Å². The Morgan fingerprint density at radius 2 is 2.11 bits per heavy atom. The van der Waals surface area contributed by atoms with E-state index >= 15 is 0 Å². The van der Waals surface area contributed by atoms with Crippen LogP contribution in [0.2, 0.25) is 0 Å². The van der Waals surface area contributed by atoms with Crippen LogP contribution in [0.25, 0.3) is 0 Å². The molecule has 0 aromatic heterocycles. The second kappa shape index (κ2) is 6.63. The highest BCUT2D eigenvalue weighted by molar-refractivity contribution is 9.10. The van der Waals surface area contributed by atoms with Gasteiger partial charge in [0, 0.05) is 23.7 Å². The lowest BCUT2D eigenvalue weighted by Gasteiger charge is -2.20. The van der Waals surface area contributed by atoms with E-state index in [9.17, 15) is 14.9 Å². The van der Waals surface area contributed by atoms with Crippen LogP contribution in [0.4, 0.5) is 5.69 Å². The molecule has 0 unspecified atom stereocenters. The van der Waals surface area contributed by atoms with Crippen LogP contribution in [0.5, 0.6) is 0 Å². The van der Waals surface area contributed by atoms with Crippen LogP contribution in [0, 0.1) is 10.1 Å². The number of nitro benzene ring substituents is 1. The Kier molecular flexibility index (Phi) is 5.44. The molecule has 1 N–H and O–H groups in total. The lowest BCUT2D eigenvalue weighted by atomic mass is 10.1. The molecular formula is C12H15BrN2O4. The zero-order chi connectivity index (χ0) is 14.6. The zero-order valence-electron chi connectivity index (χ0n) is 10.8. The second-order valence-electron chi connectivity index (χ2n) is 4.12. The maximum atomic E-state index is 12.0. The number of rotatable bonds is 5. The molecule has 0 aliphatic rings. The van der Waals surface area contributed by atoms with E-state index in [0.29, 0.717) is 10.0 Å². The molecule has 19 heavy (non-hydrogen) atoms. The predicted molar refractivity (Wildman–Crippen MR) is 74.2 cm³/mol. The van der Waals surface area contributed by atoms with Crippen molar-refractivity contribution in [2.24, 2.45) is 0 Å². The van der Waals surface area contributed by atoms with E-state index in [1.807, 2.05) is 13.8 Å². The molecule has 1 amide bonds. The standard InChI is InChI=1S/C12H15BrN2O4/c1-7(8(2)19-3)14-12(16)10-5-4-9(15(17)18)6-11(10)13/h4-8H,1-3H3,(H,14,16)/t7-,8-/m0/s1. The molecule has 0 radical (unpaired) electrons. The Morgan fingerprint density at radius 1 is 1.47 bits per heavy atom. The topological polar surface area (TPSA) is 81.5 Å². The Hall–Kier alpha value is -1.47. The van der Waals surface area contributed by atoms with Crippen LogP contribution in [-0.2, 0) is 4.74 Å². The van der Waals surface area contributed by atoms with E-state index in [0.717, 1.165) is 0 Å². The van der Waals surface area contributed by atoms with Gasteiger partial charge in [-0.05, 0) is 35.8 Å². The van der Waals surface area contributed by atoms with Gasteiger partial charge in [0.25, 0.3) is 11.6 Å². The minimum absolute atomic E-state index is 0.0678. The SMILES string of the molecule is CO[C@@H](C)[C@H](C)NC(=O)c1ccc([N+](=O)[O-])cc1Br. The number of nitrogens with one attached hydrogen (secondary N) is 1. The number of methoxy groups -OCH3 is 1. The monoisotopic (exact) mass is 330 g/mol. The highest BCUT2D eigenvalue weighted by atomic mass is 79.9. The third kappa shape index (κ3) is 4.00. The van der Waals surface area contributed by atoms with E-state index in [1.165, 1.54) is 18.2 Å². The van der Waals surface area contributed by atoms with Crippen LogP contribution in [-0.4, -0.2) is 30.1 Å². The summed E-state index contributed by atoms with van der Waals surface area (Å²) in [4.78, 5) is 22.1. The molecule has 1 rings (SSSR count). The normalized spacial score (nSPS) is 13.7. The van der Waals surface area contributed by atoms with E-state index < -0.39 is 4.92 Å². The van der Waals surface area contributed by atoms with Gasteiger partial charge in [-0.1, -0.05) is 0 Å². The van der Waals surface area contributed by atoms with Crippen molar-refractivity contribution in [1.82, 2.24) is 5.32 Å². The Morgan fingerprint density at radius 3 is 2.58 bits per heavy atom. The molecular weight excluding hydrogens is 316 g/mol. The number of hydrogen-bond donors (Lipinski definition) is 1. The summed E-state index contributed by atoms with van der Waals surface area (Å²) in [6.45, 7) is 3.67. The van der Waals surface area contributed by atoms with Gasteiger partial charge in [-0.15, -0.1) is 0 Å². The number of hydrogen-bond acceptors (Lipinski definition) is 4.